The first-order chi connectivity index (χ1) is 10.1. The minimum Gasteiger partial charge on any atom is -0.477 e. The highest BCUT2D eigenvalue weighted by Gasteiger charge is 2.55. The number of pyridine rings is 1. The number of aliphatic carboxylic acids is 1. The van der Waals surface area contributed by atoms with Gasteiger partial charge >= 0.3 is 5.97 Å². The molecule has 0 aliphatic carbocycles. The summed E-state index contributed by atoms with van der Waals surface area (Å²) in [6.45, 7) is 1.92. The summed E-state index contributed by atoms with van der Waals surface area (Å²) < 4.78 is 0. The van der Waals surface area contributed by atoms with E-state index >= 15 is 0 Å². The van der Waals surface area contributed by atoms with Gasteiger partial charge in [-0.05, 0) is 18.1 Å². The Labute approximate surface area is 131 Å². The van der Waals surface area contributed by atoms with Gasteiger partial charge in [0.2, 0.25) is 0 Å². The van der Waals surface area contributed by atoms with Crippen LogP contribution in [-0.2, 0) is 4.79 Å². The van der Waals surface area contributed by atoms with Gasteiger partial charge in [-0.2, -0.15) is 0 Å². The number of carboxylic acids is 1. The SMILES string of the molecule is CCC1=C(C(=O)O)N2C(=S)[C@@H](C(O)c3cccnc3)[C@H]2S1. The van der Waals surface area contributed by atoms with E-state index in [9.17, 15) is 15.0 Å². The van der Waals surface area contributed by atoms with Gasteiger partial charge in [0.05, 0.1) is 22.4 Å². The lowest BCUT2D eigenvalue weighted by molar-refractivity contribution is -0.134. The van der Waals surface area contributed by atoms with E-state index in [1.165, 1.54) is 11.8 Å². The molecule has 0 aromatic carbocycles. The van der Waals surface area contributed by atoms with Gasteiger partial charge in [-0.3, -0.25) is 4.98 Å². The summed E-state index contributed by atoms with van der Waals surface area (Å²) in [4.78, 5) is 18.4. The number of hydrogen-bond donors (Lipinski definition) is 2. The van der Waals surface area contributed by atoms with E-state index in [4.69, 9.17) is 12.2 Å². The molecule has 1 saturated heterocycles. The number of aliphatic hydroxyl groups excluding tert-OH is 1. The summed E-state index contributed by atoms with van der Waals surface area (Å²) in [6, 6.07) is 3.56. The fraction of sp³-hybridized carbons (Fsp3) is 0.357. The standard InChI is InChI=1S/C14H14N2O3S2/c1-2-8-10(14(18)19)16-12(20)9(13(16)21-8)11(17)7-4-3-5-15-6-7/h3-6,9,11,13,17H,2H2,1H3,(H,18,19)/t9-,11?,13-/m1/s1. The number of aromatic nitrogens is 1. The zero-order chi connectivity index (χ0) is 15.1. The Morgan fingerprint density at radius 1 is 1.62 bits per heavy atom. The van der Waals surface area contributed by atoms with Crippen molar-refractivity contribution in [3.05, 3.63) is 40.7 Å². The Balaban J connectivity index is 1.86. The molecule has 5 nitrogen and oxygen atoms in total. The number of aliphatic hydroxyl groups is 1. The highest BCUT2D eigenvalue weighted by molar-refractivity contribution is 8.04. The summed E-state index contributed by atoms with van der Waals surface area (Å²) in [5.74, 6) is -1.22. The molecule has 7 heteroatoms. The lowest BCUT2D eigenvalue weighted by Crippen LogP contribution is -2.58. The van der Waals surface area contributed by atoms with Gasteiger partial charge in [-0.15, -0.1) is 11.8 Å². The molecular formula is C14H14N2O3S2. The van der Waals surface area contributed by atoms with Gasteiger partial charge in [0, 0.05) is 17.3 Å². The van der Waals surface area contributed by atoms with Crippen LogP contribution in [0.4, 0.5) is 0 Å². The Hall–Kier alpha value is -1.44. The Bertz CT molecular complexity index is 632. The summed E-state index contributed by atoms with van der Waals surface area (Å²) in [5.41, 5.74) is 0.971. The quantitative estimate of drug-likeness (QED) is 0.823. The van der Waals surface area contributed by atoms with Crippen molar-refractivity contribution in [1.82, 2.24) is 9.88 Å². The molecule has 0 spiro atoms. The summed E-state index contributed by atoms with van der Waals surface area (Å²) in [7, 11) is 0. The average molecular weight is 322 g/mol. The van der Waals surface area contributed by atoms with Gasteiger partial charge in [-0.1, -0.05) is 25.2 Å². The monoisotopic (exact) mass is 322 g/mol. The largest absolute Gasteiger partial charge is 0.477 e. The predicted molar refractivity (Wildman–Crippen MR) is 83.5 cm³/mol. The molecule has 0 amide bonds. The smallest absolute Gasteiger partial charge is 0.353 e. The van der Waals surface area contributed by atoms with Crippen molar-refractivity contribution in [3.8, 4) is 0 Å². The van der Waals surface area contributed by atoms with Crippen molar-refractivity contribution >= 4 is 34.9 Å². The molecule has 2 N–H and O–H groups in total. The van der Waals surface area contributed by atoms with Gasteiger partial charge < -0.3 is 15.1 Å². The maximum Gasteiger partial charge on any atom is 0.353 e. The molecule has 3 rings (SSSR count). The van der Waals surface area contributed by atoms with Crippen molar-refractivity contribution in [1.29, 1.82) is 0 Å². The van der Waals surface area contributed by atoms with Crippen molar-refractivity contribution in [2.75, 3.05) is 0 Å². The van der Waals surface area contributed by atoms with Crippen LogP contribution in [0.25, 0.3) is 0 Å². The second-order valence-corrected chi connectivity index (χ2v) is 6.53. The van der Waals surface area contributed by atoms with E-state index in [0.29, 0.717) is 17.0 Å². The molecular weight excluding hydrogens is 308 g/mol. The number of allylic oxidation sites excluding steroid dienone is 1. The number of fused-ring (bicyclic) bond motifs is 1. The van der Waals surface area contributed by atoms with Crippen LogP contribution in [0.5, 0.6) is 0 Å². The molecule has 1 unspecified atom stereocenters. The summed E-state index contributed by atoms with van der Waals surface area (Å²) in [6.07, 6.45) is 3.15. The van der Waals surface area contributed by atoms with Gasteiger partial charge in [0.1, 0.15) is 5.70 Å². The Kier molecular flexibility index (Phi) is 3.73. The third kappa shape index (κ3) is 2.16. The second kappa shape index (κ2) is 5.40. The maximum atomic E-state index is 11.4. The number of carbonyl (C=O) groups is 1. The molecule has 21 heavy (non-hydrogen) atoms. The number of thiocarbonyl (C=S) groups is 1. The number of rotatable bonds is 4. The third-order valence-electron chi connectivity index (χ3n) is 3.74. The van der Waals surface area contributed by atoms with E-state index < -0.39 is 12.1 Å². The number of hydrogen-bond acceptors (Lipinski definition) is 5. The fourth-order valence-corrected chi connectivity index (χ4v) is 4.83. The lowest BCUT2D eigenvalue weighted by atomic mass is 9.88. The van der Waals surface area contributed by atoms with Crippen LogP contribution in [0.1, 0.15) is 25.0 Å². The van der Waals surface area contributed by atoms with Crippen LogP contribution in [0.15, 0.2) is 35.1 Å². The first-order valence-electron chi connectivity index (χ1n) is 6.60. The molecule has 2 aliphatic rings. The van der Waals surface area contributed by atoms with E-state index in [2.05, 4.69) is 4.98 Å². The molecule has 0 saturated carbocycles. The average Bonchev–Trinajstić information content (AvgIpc) is 2.83. The topological polar surface area (TPSA) is 73.7 Å². The van der Waals surface area contributed by atoms with Crippen LogP contribution >= 0.6 is 24.0 Å². The highest BCUT2D eigenvalue weighted by Crippen LogP contribution is 2.54. The second-order valence-electron chi connectivity index (χ2n) is 4.90. The van der Waals surface area contributed by atoms with Crippen LogP contribution < -0.4 is 0 Å². The highest BCUT2D eigenvalue weighted by atomic mass is 32.2. The van der Waals surface area contributed by atoms with Crippen molar-refractivity contribution in [2.24, 2.45) is 5.92 Å². The first kappa shape index (κ1) is 14.5. The molecule has 1 aromatic rings. The van der Waals surface area contributed by atoms with Crippen LogP contribution in [0, 0.1) is 5.92 Å². The van der Waals surface area contributed by atoms with E-state index in [1.807, 2.05) is 6.92 Å². The van der Waals surface area contributed by atoms with Crippen LogP contribution in [0.3, 0.4) is 0 Å². The van der Waals surface area contributed by atoms with Crippen molar-refractivity contribution in [2.45, 2.75) is 24.8 Å². The number of nitrogens with zero attached hydrogens (tertiary/aromatic N) is 2. The van der Waals surface area contributed by atoms with Crippen LogP contribution in [0.2, 0.25) is 0 Å². The number of thioether (sulfide) groups is 1. The maximum absolute atomic E-state index is 11.4. The van der Waals surface area contributed by atoms with E-state index in [1.54, 1.807) is 29.4 Å². The lowest BCUT2D eigenvalue weighted by Gasteiger charge is -2.47. The molecule has 3 heterocycles. The molecule has 3 atom stereocenters. The van der Waals surface area contributed by atoms with Crippen molar-refractivity contribution < 1.29 is 15.0 Å². The predicted octanol–water partition coefficient (Wildman–Crippen LogP) is 2.15. The number of carboxylic acid groups (broad SMARTS) is 1. The molecule has 0 radical (unpaired) electrons. The van der Waals surface area contributed by atoms with Crippen LogP contribution in [-0.4, -0.2) is 36.4 Å². The van der Waals surface area contributed by atoms with Gasteiger partial charge in [0.15, 0.2) is 0 Å². The van der Waals surface area contributed by atoms with Gasteiger partial charge in [-0.25, -0.2) is 4.79 Å². The molecule has 0 bridgehead atoms. The molecule has 110 valence electrons. The fourth-order valence-electron chi connectivity index (χ4n) is 2.71. The zero-order valence-corrected chi connectivity index (χ0v) is 12.9. The molecule has 1 fully saturated rings. The van der Waals surface area contributed by atoms with Crippen molar-refractivity contribution in [3.63, 3.8) is 0 Å². The zero-order valence-electron chi connectivity index (χ0n) is 11.3. The summed E-state index contributed by atoms with van der Waals surface area (Å²) >= 11 is 6.84. The summed E-state index contributed by atoms with van der Waals surface area (Å²) in [5, 5.41) is 19.7. The van der Waals surface area contributed by atoms with E-state index in [0.717, 1.165) is 4.91 Å². The normalized spacial score (nSPS) is 25.6. The van der Waals surface area contributed by atoms with Gasteiger partial charge in [0.25, 0.3) is 0 Å². The Morgan fingerprint density at radius 2 is 2.38 bits per heavy atom. The minimum absolute atomic E-state index is 0.131. The third-order valence-corrected chi connectivity index (χ3v) is 5.72. The first-order valence-corrected chi connectivity index (χ1v) is 7.89. The Morgan fingerprint density at radius 3 is 2.95 bits per heavy atom. The molecule has 2 aliphatic heterocycles. The van der Waals surface area contributed by atoms with E-state index in [-0.39, 0.29) is 17.0 Å². The molecule has 1 aromatic heterocycles. The minimum atomic E-state index is -0.960.